The van der Waals surface area contributed by atoms with Crippen LogP contribution in [0.4, 0.5) is 16.2 Å². The quantitative estimate of drug-likeness (QED) is 0.862. The van der Waals surface area contributed by atoms with Gasteiger partial charge < -0.3 is 15.8 Å². The van der Waals surface area contributed by atoms with Gasteiger partial charge in [-0.1, -0.05) is 0 Å². The Bertz CT molecular complexity index is 771. The summed E-state index contributed by atoms with van der Waals surface area (Å²) in [6.07, 6.45) is 3.79. The summed E-state index contributed by atoms with van der Waals surface area (Å²) in [5, 5.41) is 12.6. The Balaban J connectivity index is 1.78. The van der Waals surface area contributed by atoms with Crippen LogP contribution in [0.1, 0.15) is 12.8 Å². The lowest BCUT2D eigenvalue weighted by Crippen LogP contribution is -2.34. The normalized spacial score (nSPS) is 16.3. The molecular formula is C15H16FN7O. The summed E-state index contributed by atoms with van der Waals surface area (Å²) < 4.78 is 19.1. The van der Waals surface area contributed by atoms with Gasteiger partial charge in [-0.25, -0.2) is 24.3 Å². The fraction of sp³-hybridized carbons (Fsp3) is 0.400. The van der Waals surface area contributed by atoms with Crippen molar-refractivity contribution in [3.8, 4) is 17.6 Å². The van der Waals surface area contributed by atoms with Gasteiger partial charge in [0.15, 0.2) is 11.6 Å². The van der Waals surface area contributed by atoms with Crippen molar-refractivity contribution < 1.29 is 9.13 Å². The molecule has 3 rings (SSSR count). The molecule has 3 N–H and O–H groups in total. The van der Waals surface area contributed by atoms with Gasteiger partial charge in [-0.15, -0.1) is 0 Å². The predicted molar refractivity (Wildman–Crippen MR) is 84.0 cm³/mol. The maximum absolute atomic E-state index is 13.8. The van der Waals surface area contributed by atoms with E-state index in [0.29, 0.717) is 38.4 Å². The molecule has 0 atom stereocenters. The summed E-state index contributed by atoms with van der Waals surface area (Å²) in [5.74, 6) is -0.124. The van der Waals surface area contributed by atoms with Gasteiger partial charge in [0.1, 0.15) is 11.5 Å². The minimum atomic E-state index is -0.653. The molecule has 0 aromatic carbocycles. The van der Waals surface area contributed by atoms with Crippen LogP contribution in [0.25, 0.3) is 11.5 Å². The molecule has 0 unspecified atom stereocenters. The lowest BCUT2D eigenvalue weighted by molar-refractivity contribution is 0.0455. The maximum atomic E-state index is 13.8. The van der Waals surface area contributed by atoms with Crippen LogP contribution < -0.4 is 11.1 Å². The average molecular weight is 329 g/mol. The number of anilines is 2. The van der Waals surface area contributed by atoms with E-state index in [0.717, 1.165) is 6.20 Å². The fourth-order valence-electron chi connectivity index (χ4n) is 2.46. The van der Waals surface area contributed by atoms with Crippen LogP contribution in [0, 0.1) is 22.6 Å². The number of halogens is 1. The zero-order valence-electron chi connectivity index (χ0n) is 12.9. The average Bonchev–Trinajstić information content (AvgIpc) is 2.63. The second kappa shape index (κ2) is 6.72. The van der Waals surface area contributed by atoms with E-state index in [2.05, 4.69) is 31.3 Å². The molecule has 124 valence electrons. The number of nitriles is 1. The van der Waals surface area contributed by atoms with E-state index in [-0.39, 0.29) is 17.5 Å². The highest BCUT2D eigenvalue weighted by Crippen LogP contribution is 2.30. The minimum Gasteiger partial charge on any atom is -0.381 e. The Kier molecular flexibility index (Phi) is 4.48. The lowest BCUT2D eigenvalue weighted by atomic mass is 9.82. The SMILES string of the molecule is N#CC1(CNc2ccnc(-c3nc(N)ncc3F)n2)CCOCC1. The van der Waals surface area contributed by atoms with Crippen molar-refractivity contribution in [3.05, 3.63) is 24.3 Å². The molecule has 9 heteroatoms. The molecule has 0 spiro atoms. The molecule has 1 saturated heterocycles. The standard InChI is InChI=1S/C15H16FN7O/c16-10-7-20-14(18)23-12(10)13-19-4-1-11(22-13)21-9-15(8-17)2-5-24-6-3-15/h1,4,7H,2-3,5-6,9H2,(H2,18,20,23)(H,19,21,22). The molecule has 0 aliphatic carbocycles. The number of ether oxygens (including phenoxy) is 1. The third-order valence-corrected chi connectivity index (χ3v) is 3.93. The van der Waals surface area contributed by atoms with E-state index < -0.39 is 11.2 Å². The highest BCUT2D eigenvalue weighted by molar-refractivity contribution is 5.53. The first-order chi connectivity index (χ1) is 11.6. The topological polar surface area (TPSA) is 123 Å². The van der Waals surface area contributed by atoms with Crippen molar-refractivity contribution in [2.75, 3.05) is 30.8 Å². The highest BCUT2D eigenvalue weighted by Gasteiger charge is 2.32. The fourth-order valence-corrected chi connectivity index (χ4v) is 2.46. The van der Waals surface area contributed by atoms with Crippen molar-refractivity contribution >= 4 is 11.8 Å². The number of nitrogen functional groups attached to an aromatic ring is 1. The number of hydrogen-bond acceptors (Lipinski definition) is 8. The smallest absolute Gasteiger partial charge is 0.220 e. The summed E-state index contributed by atoms with van der Waals surface area (Å²) in [7, 11) is 0. The number of nitrogens with one attached hydrogen (secondary N) is 1. The van der Waals surface area contributed by atoms with Crippen molar-refractivity contribution in [2.45, 2.75) is 12.8 Å². The Morgan fingerprint density at radius 3 is 2.88 bits per heavy atom. The molecule has 1 fully saturated rings. The minimum absolute atomic E-state index is 0.0565. The van der Waals surface area contributed by atoms with Crippen molar-refractivity contribution in [3.63, 3.8) is 0 Å². The van der Waals surface area contributed by atoms with Crippen LogP contribution in [0.3, 0.4) is 0 Å². The van der Waals surface area contributed by atoms with Gasteiger partial charge in [0.25, 0.3) is 0 Å². The van der Waals surface area contributed by atoms with Crippen molar-refractivity contribution in [1.82, 2.24) is 19.9 Å². The Morgan fingerprint density at radius 2 is 2.12 bits per heavy atom. The van der Waals surface area contributed by atoms with Gasteiger partial charge in [0.2, 0.25) is 5.95 Å². The largest absolute Gasteiger partial charge is 0.381 e. The summed E-state index contributed by atoms with van der Waals surface area (Å²) in [4.78, 5) is 15.7. The molecule has 8 nitrogen and oxygen atoms in total. The second-order valence-electron chi connectivity index (χ2n) is 5.55. The van der Waals surface area contributed by atoms with E-state index in [4.69, 9.17) is 10.5 Å². The lowest BCUT2D eigenvalue weighted by Gasteiger charge is -2.30. The highest BCUT2D eigenvalue weighted by atomic mass is 19.1. The van der Waals surface area contributed by atoms with Crippen LogP contribution in [-0.4, -0.2) is 39.7 Å². The maximum Gasteiger partial charge on any atom is 0.220 e. The van der Waals surface area contributed by atoms with Crippen LogP contribution in [-0.2, 0) is 4.74 Å². The van der Waals surface area contributed by atoms with E-state index >= 15 is 0 Å². The van der Waals surface area contributed by atoms with Gasteiger partial charge in [-0.2, -0.15) is 5.26 Å². The molecule has 2 aromatic heterocycles. The van der Waals surface area contributed by atoms with Gasteiger partial charge in [-0.3, -0.25) is 0 Å². The van der Waals surface area contributed by atoms with Crippen LogP contribution in [0.15, 0.2) is 18.5 Å². The summed E-state index contributed by atoms with van der Waals surface area (Å²) >= 11 is 0. The molecule has 1 aliphatic rings. The second-order valence-corrected chi connectivity index (χ2v) is 5.55. The predicted octanol–water partition coefficient (Wildman–Crippen LogP) is 1.39. The van der Waals surface area contributed by atoms with Gasteiger partial charge >= 0.3 is 0 Å². The van der Waals surface area contributed by atoms with Gasteiger partial charge in [0, 0.05) is 26.0 Å². The molecule has 1 aliphatic heterocycles. The third kappa shape index (κ3) is 3.38. The van der Waals surface area contributed by atoms with E-state index in [1.807, 2.05) is 0 Å². The first-order valence-corrected chi connectivity index (χ1v) is 7.46. The van der Waals surface area contributed by atoms with E-state index in [1.54, 1.807) is 6.07 Å². The molecule has 24 heavy (non-hydrogen) atoms. The van der Waals surface area contributed by atoms with Crippen molar-refractivity contribution in [1.29, 1.82) is 5.26 Å². The molecule has 0 radical (unpaired) electrons. The monoisotopic (exact) mass is 329 g/mol. The number of nitrogens with two attached hydrogens (primary N) is 1. The first kappa shape index (κ1) is 16.0. The summed E-state index contributed by atoms with van der Waals surface area (Å²) in [5.41, 5.74) is 4.93. The molecule has 3 heterocycles. The summed E-state index contributed by atoms with van der Waals surface area (Å²) in [6.45, 7) is 1.56. The first-order valence-electron chi connectivity index (χ1n) is 7.46. The summed E-state index contributed by atoms with van der Waals surface area (Å²) in [6, 6.07) is 4.02. The molecular weight excluding hydrogens is 313 g/mol. The van der Waals surface area contributed by atoms with Gasteiger partial charge in [-0.05, 0) is 18.9 Å². The third-order valence-electron chi connectivity index (χ3n) is 3.93. The van der Waals surface area contributed by atoms with Crippen LogP contribution in [0.2, 0.25) is 0 Å². The van der Waals surface area contributed by atoms with Crippen LogP contribution in [0.5, 0.6) is 0 Å². The number of hydrogen-bond donors (Lipinski definition) is 2. The Labute approximate surface area is 137 Å². The molecule has 0 amide bonds. The Hall–Kier alpha value is -2.86. The van der Waals surface area contributed by atoms with Crippen LogP contribution >= 0.6 is 0 Å². The van der Waals surface area contributed by atoms with E-state index in [9.17, 15) is 9.65 Å². The molecule has 0 bridgehead atoms. The number of rotatable bonds is 4. The number of aromatic nitrogens is 4. The zero-order chi connectivity index (χ0) is 17.0. The van der Waals surface area contributed by atoms with Crippen molar-refractivity contribution in [2.24, 2.45) is 5.41 Å². The van der Waals surface area contributed by atoms with Gasteiger partial charge in [0.05, 0.1) is 17.7 Å². The van der Waals surface area contributed by atoms with E-state index in [1.165, 1.54) is 6.20 Å². The molecule has 0 saturated carbocycles. The molecule has 2 aromatic rings. The zero-order valence-corrected chi connectivity index (χ0v) is 12.9. The number of nitrogens with zero attached hydrogens (tertiary/aromatic N) is 5. The Morgan fingerprint density at radius 1 is 1.33 bits per heavy atom.